The molecule has 1 fully saturated rings. The molecule has 2 atom stereocenters. The van der Waals surface area contributed by atoms with E-state index in [1.165, 1.54) is 0 Å². The van der Waals surface area contributed by atoms with Crippen LogP contribution in [0.4, 0.5) is 0 Å². The molecule has 0 saturated heterocycles. The van der Waals surface area contributed by atoms with Crippen LogP contribution in [0.1, 0.15) is 39.5 Å². The van der Waals surface area contributed by atoms with Crippen molar-refractivity contribution in [2.75, 3.05) is 6.61 Å². The Bertz CT molecular complexity index is 296. The van der Waals surface area contributed by atoms with Crippen LogP contribution in [0.25, 0.3) is 0 Å². The molecule has 0 N–H and O–H groups in total. The van der Waals surface area contributed by atoms with E-state index in [0.717, 1.165) is 12.8 Å². The number of rotatable bonds is 4. The van der Waals surface area contributed by atoms with Crippen molar-refractivity contribution in [3.63, 3.8) is 0 Å². The van der Waals surface area contributed by atoms with Gasteiger partial charge in [-0.2, -0.15) is 0 Å². The van der Waals surface area contributed by atoms with E-state index in [1.54, 1.807) is 13.0 Å². The van der Waals surface area contributed by atoms with E-state index in [9.17, 15) is 9.59 Å². The fraction of sp³-hybridized carbons (Fsp3) is 0.692. The first kappa shape index (κ1) is 12.9. The summed E-state index contributed by atoms with van der Waals surface area (Å²) in [5.41, 5.74) is -0.962. The summed E-state index contributed by atoms with van der Waals surface area (Å²) >= 11 is 0. The van der Waals surface area contributed by atoms with E-state index in [4.69, 9.17) is 4.74 Å². The SMILES string of the molecule is C=CC(C)C1(C(=O)OCC)CCCCC1=O. The van der Waals surface area contributed by atoms with E-state index in [1.807, 2.05) is 6.92 Å². The minimum Gasteiger partial charge on any atom is -0.465 e. The maximum absolute atomic E-state index is 12.1. The minimum absolute atomic E-state index is 0.0181. The van der Waals surface area contributed by atoms with Crippen molar-refractivity contribution in [2.24, 2.45) is 11.3 Å². The predicted octanol–water partition coefficient (Wildman–Crippen LogP) is 2.50. The molecular weight excluding hydrogens is 204 g/mol. The van der Waals surface area contributed by atoms with Crippen LogP contribution in [-0.2, 0) is 14.3 Å². The van der Waals surface area contributed by atoms with Gasteiger partial charge in [-0.05, 0) is 25.7 Å². The van der Waals surface area contributed by atoms with Gasteiger partial charge < -0.3 is 4.74 Å². The van der Waals surface area contributed by atoms with Crippen molar-refractivity contribution in [3.05, 3.63) is 12.7 Å². The lowest BCUT2D eigenvalue weighted by atomic mass is 9.65. The van der Waals surface area contributed by atoms with Gasteiger partial charge in [0.1, 0.15) is 5.41 Å². The zero-order valence-electron chi connectivity index (χ0n) is 10.1. The maximum Gasteiger partial charge on any atom is 0.320 e. The quantitative estimate of drug-likeness (QED) is 0.418. The van der Waals surface area contributed by atoms with Crippen LogP contribution in [0.5, 0.6) is 0 Å². The summed E-state index contributed by atoms with van der Waals surface area (Å²) in [6.45, 7) is 7.64. The van der Waals surface area contributed by atoms with Crippen LogP contribution in [0.2, 0.25) is 0 Å². The Morgan fingerprint density at radius 1 is 1.62 bits per heavy atom. The summed E-state index contributed by atoms with van der Waals surface area (Å²) in [5.74, 6) is -0.504. The number of ketones is 1. The highest BCUT2D eigenvalue weighted by Crippen LogP contribution is 2.41. The Morgan fingerprint density at radius 2 is 2.31 bits per heavy atom. The summed E-state index contributed by atoms with van der Waals surface area (Å²) in [5, 5.41) is 0. The van der Waals surface area contributed by atoms with E-state index < -0.39 is 5.41 Å². The number of hydrogen-bond acceptors (Lipinski definition) is 3. The molecule has 3 nitrogen and oxygen atoms in total. The lowest BCUT2D eigenvalue weighted by Gasteiger charge is -2.36. The topological polar surface area (TPSA) is 43.4 Å². The average molecular weight is 224 g/mol. The number of hydrogen-bond donors (Lipinski definition) is 0. The van der Waals surface area contributed by atoms with E-state index in [-0.39, 0.29) is 17.7 Å². The zero-order valence-corrected chi connectivity index (χ0v) is 10.1. The molecule has 3 heteroatoms. The van der Waals surface area contributed by atoms with Gasteiger partial charge in [0.15, 0.2) is 5.78 Å². The summed E-state index contributed by atoms with van der Waals surface area (Å²) in [6, 6.07) is 0. The van der Waals surface area contributed by atoms with Gasteiger partial charge in [0, 0.05) is 6.42 Å². The van der Waals surface area contributed by atoms with Crippen molar-refractivity contribution in [3.8, 4) is 0 Å². The molecule has 90 valence electrons. The number of carbonyl (C=O) groups excluding carboxylic acids is 2. The minimum atomic E-state index is -0.962. The smallest absolute Gasteiger partial charge is 0.320 e. The van der Waals surface area contributed by atoms with Crippen LogP contribution < -0.4 is 0 Å². The highest BCUT2D eigenvalue weighted by atomic mass is 16.5. The van der Waals surface area contributed by atoms with Crippen LogP contribution in [0.3, 0.4) is 0 Å². The molecular formula is C13H20O3. The zero-order chi connectivity index (χ0) is 12.2. The lowest BCUT2D eigenvalue weighted by Crippen LogP contribution is -2.47. The molecule has 16 heavy (non-hydrogen) atoms. The molecule has 0 aromatic carbocycles. The molecule has 0 radical (unpaired) electrons. The van der Waals surface area contributed by atoms with Crippen molar-refractivity contribution in [2.45, 2.75) is 39.5 Å². The molecule has 0 aromatic heterocycles. The second-order valence-corrected chi connectivity index (χ2v) is 4.35. The number of esters is 1. The van der Waals surface area contributed by atoms with Crippen LogP contribution in [0, 0.1) is 11.3 Å². The molecule has 0 heterocycles. The summed E-state index contributed by atoms with van der Waals surface area (Å²) in [6.07, 6.45) is 4.54. The molecule has 0 aliphatic heterocycles. The van der Waals surface area contributed by atoms with E-state index in [2.05, 4.69) is 6.58 Å². The first-order chi connectivity index (χ1) is 7.59. The second kappa shape index (κ2) is 5.28. The van der Waals surface area contributed by atoms with Gasteiger partial charge in [0.05, 0.1) is 6.61 Å². The predicted molar refractivity (Wildman–Crippen MR) is 61.9 cm³/mol. The summed E-state index contributed by atoms with van der Waals surface area (Å²) < 4.78 is 5.07. The third kappa shape index (κ3) is 2.04. The molecule has 0 spiro atoms. The largest absolute Gasteiger partial charge is 0.465 e. The molecule has 1 rings (SSSR count). The highest BCUT2D eigenvalue weighted by molar-refractivity contribution is 6.04. The molecule has 0 aromatic rings. The Morgan fingerprint density at radius 3 is 2.81 bits per heavy atom. The van der Waals surface area contributed by atoms with Gasteiger partial charge in [-0.25, -0.2) is 0 Å². The summed E-state index contributed by atoms with van der Waals surface area (Å²) in [4.78, 5) is 24.1. The molecule has 1 saturated carbocycles. The van der Waals surface area contributed by atoms with Gasteiger partial charge in [-0.1, -0.05) is 19.4 Å². The first-order valence-corrected chi connectivity index (χ1v) is 5.92. The first-order valence-electron chi connectivity index (χ1n) is 5.92. The number of Topliss-reactive ketones (excluding diaryl/α,β-unsaturated/α-hetero) is 1. The van der Waals surface area contributed by atoms with Crippen molar-refractivity contribution in [1.29, 1.82) is 0 Å². The van der Waals surface area contributed by atoms with Crippen LogP contribution in [0.15, 0.2) is 12.7 Å². The maximum atomic E-state index is 12.1. The second-order valence-electron chi connectivity index (χ2n) is 4.35. The molecule has 1 aliphatic rings. The molecule has 0 bridgehead atoms. The third-order valence-corrected chi connectivity index (χ3v) is 3.49. The Labute approximate surface area is 96.9 Å². The fourth-order valence-corrected chi connectivity index (χ4v) is 2.40. The van der Waals surface area contributed by atoms with Gasteiger partial charge in [-0.15, -0.1) is 6.58 Å². The normalized spacial score (nSPS) is 27.2. The fourth-order valence-electron chi connectivity index (χ4n) is 2.40. The van der Waals surface area contributed by atoms with Crippen LogP contribution >= 0.6 is 0 Å². The van der Waals surface area contributed by atoms with Gasteiger partial charge in [0.2, 0.25) is 0 Å². The van der Waals surface area contributed by atoms with Gasteiger partial charge in [0.25, 0.3) is 0 Å². The van der Waals surface area contributed by atoms with Crippen molar-refractivity contribution in [1.82, 2.24) is 0 Å². The average Bonchev–Trinajstić information content (AvgIpc) is 2.29. The monoisotopic (exact) mass is 224 g/mol. The van der Waals surface area contributed by atoms with Crippen molar-refractivity contribution < 1.29 is 14.3 Å². The Balaban J connectivity index is 3.04. The van der Waals surface area contributed by atoms with Gasteiger partial charge >= 0.3 is 5.97 Å². The molecule has 2 unspecified atom stereocenters. The molecule has 1 aliphatic carbocycles. The Hall–Kier alpha value is -1.12. The van der Waals surface area contributed by atoms with Crippen molar-refractivity contribution >= 4 is 11.8 Å². The van der Waals surface area contributed by atoms with E-state index >= 15 is 0 Å². The van der Waals surface area contributed by atoms with Crippen LogP contribution in [-0.4, -0.2) is 18.4 Å². The standard InChI is InChI=1S/C13H20O3/c1-4-10(3)13(12(15)16-5-2)9-7-6-8-11(13)14/h4,10H,1,5-9H2,2-3H3. The Kier molecular flexibility index (Phi) is 4.27. The number of ether oxygens (including phenoxy) is 1. The van der Waals surface area contributed by atoms with Gasteiger partial charge in [-0.3, -0.25) is 9.59 Å². The highest BCUT2D eigenvalue weighted by Gasteiger charge is 2.50. The lowest BCUT2D eigenvalue weighted by molar-refractivity contribution is -0.165. The van der Waals surface area contributed by atoms with E-state index in [0.29, 0.717) is 19.4 Å². The number of carbonyl (C=O) groups is 2. The summed E-state index contributed by atoms with van der Waals surface area (Å²) in [7, 11) is 0. The third-order valence-electron chi connectivity index (χ3n) is 3.49. The molecule has 0 amide bonds. The number of allylic oxidation sites excluding steroid dienone is 1.